The molecule has 0 atom stereocenters. The number of thiazole rings is 1. The lowest BCUT2D eigenvalue weighted by Crippen LogP contribution is -1.79. The number of hydrogen-bond donors (Lipinski definition) is 0. The van der Waals surface area contributed by atoms with Crippen LogP contribution in [0.25, 0.3) is 21.9 Å². The van der Waals surface area contributed by atoms with Gasteiger partial charge in [-0.3, -0.25) is 0 Å². The number of para-hydroxylation sites is 1. The lowest BCUT2D eigenvalue weighted by atomic mass is 10.2. The zero-order valence-corrected chi connectivity index (χ0v) is 11.9. The Bertz CT molecular complexity index is 770. The molecular formula is C15H10N2S2. The molecule has 0 radical (unpaired) electrons. The van der Waals surface area contributed by atoms with Crippen LogP contribution < -0.4 is 0 Å². The van der Waals surface area contributed by atoms with Crippen molar-refractivity contribution in [2.75, 3.05) is 0 Å². The van der Waals surface area contributed by atoms with Crippen LogP contribution in [0.4, 0.5) is 0 Å². The first-order valence-electron chi connectivity index (χ1n) is 5.80. The van der Waals surface area contributed by atoms with Gasteiger partial charge in [-0.25, -0.2) is 4.98 Å². The molecule has 2 aromatic heterocycles. The standard InChI is InChI=1S/C15H10N2S2/c1-10-6-7-18-14(10)8-11(9-16)15-17-12-4-2-3-5-13(12)19-15/h2-8H,1H3. The fraction of sp³-hybridized carbons (Fsp3) is 0.0667. The zero-order chi connectivity index (χ0) is 13.2. The maximum atomic E-state index is 9.35. The summed E-state index contributed by atoms with van der Waals surface area (Å²) in [5.74, 6) is 0. The van der Waals surface area contributed by atoms with E-state index in [1.807, 2.05) is 35.7 Å². The minimum atomic E-state index is 0.631. The SMILES string of the molecule is Cc1ccsc1C=C(C#N)c1nc2ccccc2s1. The Morgan fingerprint density at radius 1 is 1.32 bits per heavy atom. The molecule has 19 heavy (non-hydrogen) atoms. The molecule has 4 heteroatoms. The monoisotopic (exact) mass is 282 g/mol. The molecule has 0 aliphatic heterocycles. The Balaban J connectivity index is 2.10. The topological polar surface area (TPSA) is 36.7 Å². The fourth-order valence-corrected chi connectivity index (χ4v) is 3.58. The molecule has 3 rings (SSSR count). The molecule has 1 aromatic carbocycles. The summed E-state index contributed by atoms with van der Waals surface area (Å²) >= 11 is 3.20. The van der Waals surface area contributed by atoms with Crippen molar-refractivity contribution < 1.29 is 0 Å². The van der Waals surface area contributed by atoms with Gasteiger partial charge in [-0.15, -0.1) is 22.7 Å². The van der Waals surface area contributed by atoms with E-state index < -0.39 is 0 Å². The van der Waals surface area contributed by atoms with Crippen molar-refractivity contribution in [2.45, 2.75) is 6.92 Å². The number of benzene rings is 1. The average Bonchev–Trinajstić information content (AvgIpc) is 3.02. The normalized spacial score (nSPS) is 11.7. The van der Waals surface area contributed by atoms with Gasteiger partial charge >= 0.3 is 0 Å². The molecule has 0 saturated carbocycles. The van der Waals surface area contributed by atoms with Gasteiger partial charge in [0.15, 0.2) is 0 Å². The van der Waals surface area contributed by atoms with Crippen LogP contribution >= 0.6 is 22.7 Å². The highest BCUT2D eigenvalue weighted by atomic mass is 32.1. The number of thiophene rings is 1. The number of aryl methyl sites for hydroxylation is 1. The maximum absolute atomic E-state index is 9.35. The summed E-state index contributed by atoms with van der Waals surface area (Å²) in [5, 5.41) is 12.2. The lowest BCUT2D eigenvalue weighted by molar-refractivity contribution is 1.43. The largest absolute Gasteiger partial charge is 0.235 e. The number of hydrogen-bond acceptors (Lipinski definition) is 4. The van der Waals surface area contributed by atoms with Crippen LogP contribution in [-0.4, -0.2) is 4.98 Å². The molecule has 0 unspecified atom stereocenters. The van der Waals surface area contributed by atoms with E-state index >= 15 is 0 Å². The van der Waals surface area contributed by atoms with Crippen molar-refractivity contribution in [3.05, 3.63) is 51.2 Å². The van der Waals surface area contributed by atoms with Crippen LogP contribution in [0.3, 0.4) is 0 Å². The highest BCUT2D eigenvalue weighted by Gasteiger charge is 2.09. The van der Waals surface area contributed by atoms with E-state index in [2.05, 4.69) is 24.0 Å². The highest BCUT2D eigenvalue weighted by molar-refractivity contribution is 7.19. The number of nitriles is 1. The van der Waals surface area contributed by atoms with E-state index in [-0.39, 0.29) is 0 Å². The first-order valence-corrected chi connectivity index (χ1v) is 7.49. The van der Waals surface area contributed by atoms with Gasteiger partial charge in [0.1, 0.15) is 11.1 Å². The number of nitrogens with zero attached hydrogens (tertiary/aromatic N) is 2. The van der Waals surface area contributed by atoms with E-state index in [1.54, 1.807) is 22.7 Å². The first kappa shape index (κ1) is 12.1. The Labute approximate surface area is 119 Å². The predicted octanol–water partition coefficient (Wildman–Crippen LogP) is 4.73. The van der Waals surface area contributed by atoms with Gasteiger partial charge in [-0.1, -0.05) is 12.1 Å². The quantitative estimate of drug-likeness (QED) is 0.637. The molecular weight excluding hydrogens is 272 g/mol. The van der Waals surface area contributed by atoms with Crippen molar-refractivity contribution in [1.29, 1.82) is 5.26 Å². The van der Waals surface area contributed by atoms with Crippen LogP contribution in [0, 0.1) is 18.3 Å². The van der Waals surface area contributed by atoms with Crippen LogP contribution in [0.2, 0.25) is 0 Å². The second-order valence-corrected chi connectivity index (χ2v) is 6.10. The molecule has 0 spiro atoms. The zero-order valence-electron chi connectivity index (χ0n) is 10.3. The van der Waals surface area contributed by atoms with E-state index in [0.29, 0.717) is 5.57 Å². The van der Waals surface area contributed by atoms with Gasteiger partial charge < -0.3 is 0 Å². The van der Waals surface area contributed by atoms with E-state index in [1.165, 1.54) is 5.56 Å². The Hall–Kier alpha value is -1.96. The highest BCUT2D eigenvalue weighted by Crippen LogP contribution is 2.29. The second-order valence-electron chi connectivity index (χ2n) is 4.12. The Morgan fingerprint density at radius 3 is 2.84 bits per heavy atom. The predicted molar refractivity (Wildman–Crippen MR) is 82.2 cm³/mol. The summed E-state index contributed by atoms with van der Waals surface area (Å²) in [7, 11) is 0. The van der Waals surface area contributed by atoms with E-state index in [9.17, 15) is 5.26 Å². The molecule has 0 fully saturated rings. The summed E-state index contributed by atoms with van der Waals surface area (Å²) in [4.78, 5) is 5.65. The van der Waals surface area contributed by atoms with Crippen molar-refractivity contribution in [3.63, 3.8) is 0 Å². The minimum absolute atomic E-state index is 0.631. The van der Waals surface area contributed by atoms with Crippen molar-refractivity contribution in [2.24, 2.45) is 0 Å². The van der Waals surface area contributed by atoms with E-state index in [0.717, 1.165) is 20.1 Å². The molecule has 2 nitrogen and oxygen atoms in total. The van der Waals surface area contributed by atoms with Crippen molar-refractivity contribution in [3.8, 4) is 6.07 Å². The molecule has 0 N–H and O–H groups in total. The Morgan fingerprint density at radius 2 is 2.16 bits per heavy atom. The third kappa shape index (κ3) is 2.30. The smallest absolute Gasteiger partial charge is 0.135 e. The summed E-state index contributed by atoms with van der Waals surface area (Å²) in [6.07, 6.45) is 1.93. The number of rotatable bonds is 2. The second kappa shape index (κ2) is 4.96. The third-order valence-corrected chi connectivity index (χ3v) is 4.86. The summed E-state index contributed by atoms with van der Waals surface area (Å²) in [5.41, 5.74) is 2.78. The molecule has 2 heterocycles. The van der Waals surface area contributed by atoms with Crippen LogP contribution in [0.1, 0.15) is 15.4 Å². The van der Waals surface area contributed by atoms with Crippen molar-refractivity contribution in [1.82, 2.24) is 4.98 Å². The Kier molecular flexibility index (Phi) is 3.16. The van der Waals surface area contributed by atoms with Crippen LogP contribution in [-0.2, 0) is 0 Å². The summed E-state index contributed by atoms with van der Waals surface area (Å²) in [6, 6.07) is 12.3. The van der Waals surface area contributed by atoms with Gasteiger partial charge in [0.25, 0.3) is 0 Å². The molecule has 0 saturated heterocycles. The maximum Gasteiger partial charge on any atom is 0.135 e. The van der Waals surface area contributed by atoms with Gasteiger partial charge in [0.05, 0.1) is 15.8 Å². The number of aromatic nitrogens is 1. The molecule has 0 aliphatic carbocycles. The molecule has 0 aliphatic rings. The summed E-state index contributed by atoms with van der Waals surface area (Å²) < 4.78 is 1.11. The number of fused-ring (bicyclic) bond motifs is 1. The van der Waals surface area contributed by atoms with Crippen LogP contribution in [0.5, 0.6) is 0 Å². The lowest BCUT2D eigenvalue weighted by Gasteiger charge is -1.93. The molecule has 0 amide bonds. The third-order valence-electron chi connectivity index (χ3n) is 2.82. The summed E-state index contributed by atoms with van der Waals surface area (Å²) in [6.45, 7) is 2.05. The van der Waals surface area contributed by atoms with Gasteiger partial charge in [-0.05, 0) is 42.1 Å². The van der Waals surface area contributed by atoms with Gasteiger partial charge in [0, 0.05) is 4.88 Å². The van der Waals surface area contributed by atoms with Crippen molar-refractivity contribution >= 4 is 44.5 Å². The minimum Gasteiger partial charge on any atom is -0.235 e. The first-order chi connectivity index (χ1) is 9.28. The molecule has 0 bridgehead atoms. The van der Waals surface area contributed by atoms with E-state index in [4.69, 9.17) is 0 Å². The number of allylic oxidation sites excluding steroid dienone is 1. The van der Waals surface area contributed by atoms with Crippen LogP contribution in [0.15, 0.2) is 35.7 Å². The fourth-order valence-electron chi connectivity index (χ4n) is 1.79. The van der Waals surface area contributed by atoms with Gasteiger partial charge in [-0.2, -0.15) is 5.26 Å². The average molecular weight is 282 g/mol. The molecule has 92 valence electrons. The van der Waals surface area contributed by atoms with Gasteiger partial charge in [0.2, 0.25) is 0 Å². The molecule has 3 aromatic rings.